The van der Waals surface area contributed by atoms with Gasteiger partial charge in [-0.25, -0.2) is 0 Å². The van der Waals surface area contributed by atoms with E-state index in [0.717, 1.165) is 0 Å². The smallest absolute Gasteiger partial charge is 0.00262 e. The molecule has 0 aliphatic heterocycles. The fraction of sp³-hybridized carbons (Fsp3) is 0. The van der Waals surface area contributed by atoms with Crippen molar-refractivity contribution in [2.45, 2.75) is 0 Å². The molecule has 0 N–H and O–H groups in total. The van der Waals surface area contributed by atoms with E-state index in [-0.39, 0.29) is 0 Å². The summed E-state index contributed by atoms with van der Waals surface area (Å²) < 4.78 is 0. The molecule has 58 heavy (non-hydrogen) atoms. The van der Waals surface area contributed by atoms with Crippen molar-refractivity contribution in [3.05, 3.63) is 231 Å². The summed E-state index contributed by atoms with van der Waals surface area (Å²) in [5.74, 6) is 0. The Morgan fingerprint density at radius 1 is 0.138 bits per heavy atom. The number of benzene rings is 11. The van der Waals surface area contributed by atoms with Crippen LogP contribution in [0.25, 0.3) is 110 Å². The number of hydrogen-bond donors (Lipinski definition) is 0. The number of hydrogen-bond acceptors (Lipinski definition) is 0. The van der Waals surface area contributed by atoms with E-state index in [2.05, 4.69) is 231 Å². The van der Waals surface area contributed by atoms with Crippen molar-refractivity contribution < 1.29 is 0 Å². The molecule has 0 atom stereocenters. The van der Waals surface area contributed by atoms with Crippen LogP contribution < -0.4 is 0 Å². The second-order valence-corrected chi connectivity index (χ2v) is 15.1. The molecule has 0 spiro atoms. The first kappa shape index (κ1) is 33.8. The Morgan fingerprint density at radius 2 is 0.362 bits per heavy atom. The average Bonchev–Trinajstić information content (AvgIpc) is 3.30. The van der Waals surface area contributed by atoms with E-state index >= 15 is 0 Å². The Labute approximate surface area is 339 Å². The van der Waals surface area contributed by atoms with E-state index in [0.29, 0.717) is 0 Å². The van der Waals surface area contributed by atoms with Crippen LogP contribution in [0.2, 0.25) is 0 Å². The summed E-state index contributed by atoms with van der Waals surface area (Å²) in [6.45, 7) is 0. The molecule has 0 radical (unpaired) electrons. The molecule has 0 aliphatic rings. The zero-order valence-corrected chi connectivity index (χ0v) is 31.9. The van der Waals surface area contributed by atoms with Gasteiger partial charge in [0, 0.05) is 0 Å². The minimum atomic E-state index is 1.20. The molecular formula is C58H38. The molecule has 0 heterocycles. The zero-order chi connectivity index (χ0) is 38.4. The van der Waals surface area contributed by atoms with Gasteiger partial charge in [0.25, 0.3) is 0 Å². The summed E-state index contributed by atoms with van der Waals surface area (Å²) in [6, 6.07) is 84.3. The van der Waals surface area contributed by atoms with Gasteiger partial charge in [-0.15, -0.1) is 0 Å². The van der Waals surface area contributed by atoms with Crippen LogP contribution in [0.3, 0.4) is 0 Å². The van der Waals surface area contributed by atoms with Crippen LogP contribution in [0.4, 0.5) is 0 Å². The third-order valence-electron chi connectivity index (χ3n) is 11.9. The summed E-state index contributed by atoms with van der Waals surface area (Å²) >= 11 is 0. The number of rotatable bonds is 6. The summed E-state index contributed by atoms with van der Waals surface area (Å²) in [5, 5.41) is 10.2. The van der Waals surface area contributed by atoms with E-state index in [4.69, 9.17) is 0 Å². The summed E-state index contributed by atoms with van der Waals surface area (Å²) in [6.07, 6.45) is 0. The normalized spacial score (nSPS) is 11.4. The molecule has 11 rings (SSSR count). The first-order valence-corrected chi connectivity index (χ1v) is 20.1. The van der Waals surface area contributed by atoms with Gasteiger partial charge >= 0.3 is 0 Å². The minimum Gasteiger partial charge on any atom is -0.0622 e. The van der Waals surface area contributed by atoms with Crippen LogP contribution in [-0.4, -0.2) is 0 Å². The molecule has 0 aromatic heterocycles. The van der Waals surface area contributed by atoms with E-state index in [9.17, 15) is 0 Å². The van der Waals surface area contributed by atoms with Gasteiger partial charge in [0.2, 0.25) is 0 Å². The predicted octanol–water partition coefficient (Wildman–Crippen LogP) is 16.3. The number of fused-ring (bicyclic) bond motifs is 4. The van der Waals surface area contributed by atoms with Gasteiger partial charge in [-0.2, -0.15) is 0 Å². The van der Waals surface area contributed by atoms with Gasteiger partial charge in [0.1, 0.15) is 0 Å². The molecule has 0 bridgehead atoms. The molecular weight excluding hydrogens is 697 g/mol. The van der Waals surface area contributed by atoms with Crippen LogP contribution in [-0.2, 0) is 0 Å². The molecule has 0 heteroatoms. The minimum absolute atomic E-state index is 1.20. The Morgan fingerprint density at radius 3 is 0.707 bits per heavy atom. The lowest BCUT2D eigenvalue weighted by atomic mass is 9.85. The van der Waals surface area contributed by atoms with Crippen molar-refractivity contribution >= 4 is 43.1 Å². The topological polar surface area (TPSA) is 0 Å². The molecule has 0 nitrogen and oxygen atoms in total. The molecule has 0 fully saturated rings. The molecule has 0 amide bonds. The summed E-state index contributed by atoms with van der Waals surface area (Å²) in [4.78, 5) is 0. The molecule has 0 saturated carbocycles. The van der Waals surface area contributed by atoms with E-state index in [1.165, 1.54) is 110 Å². The first-order chi connectivity index (χ1) is 28.8. The SMILES string of the molecule is c1ccc(-c2c3ccccc3c(-c3ccc(-c4ccc(-c5cccc(-c6c7ccccc7c(-c7ccccc7)c7ccccc67)c5)cc4)cc3)c3ccccc23)cc1. The van der Waals surface area contributed by atoms with E-state index in [1.54, 1.807) is 0 Å². The van der Waals surface area contributed by atoms with Gasteiger partial charge in [-0.05, 0) is 116 Å². The lowest BCUT2D eigenvalue weighted by Gasteiger charge is -2.18. The van der Waals surface area contributed by atoms with Gasteiger partial charge < -0.3 is 0 Å². The first-order valence-electron chi connectivity index (χ1n) is 20.1. The van der Waals surface area contributed by atoms with E-state index in [1.807, 2.05) is 0 Å². The van der Waals surface area contributed by atoms with Gasteiger partial charge in [-0.1, -0.05) is 224 Å². The zero-order valence-electron chi connectivity index (χ0n) is 31.9. The fourth-order valence-electron chi connectivity index (χ4n) is 9.25. The van der Waals surface area contributed by atoms with E-state index < -0.39 is 0 Å². The molecule has 11 aromatic rings. The second-order valence-electron chi connectivity index (χ2n) is 15.1. The maximum Gasteiger partial charge on any atom is -0.00262 e. The summed E-state index contributed by atoms with van der Waals surface area (Å²) in [5.41, 5.74) is 14.9. The lowest BCUT2D eigenvalue weighted by molar-refractivity contribution is 1.58. The maximum atomic E-state index is 2.36. The molecule has 0 aliphatic carbocycles. The van der Waals surface area contributed by atoms with Crippen LogP contribution in [0.15, 0.2) is 231 Å². The lowest BCUT2D eigenvalue weighted by Crippen LogP contribution is -1.91. The predicted molar refractivity (Wildman–Crippen MR) is 249 cm³/mol. The molecule has 0 saturated heterocycles. The van der Waals surface area contributed by atoms with Gasteiger partial charge in [0.05, 0.1) is 0 Å². The summed E-state index contributed by atoms with van der Waals surface area (Å²) in [7, 11) is 0. The van der Waals surface area contributed by atoms with Crippen molar-refractivity contribution in [3.8, 4) is 66.8 Å². The Bertz CT molecular complexity index is 3170. The van der Waals surface area contributed by atoms with Crippen molar-refractivity contribution in [2.24, 2.45) is 0 Å². The average molecular weight is 735 g/mol. The third-order valence-corrected chi connectivity index (χ3v) is 11.9. The Balaban J connectivity index is 0.956. The molecule has 11 aromatic carbocycles. The highest BCUT2D eigenvalue weighted by Gasteiger charge is 2.18. The van der Waals surface area contributed by atoms with Gasteiger partial charge in [0.15, 0.2) is 0 Å². The van der Waals surface area contributed by atoms with Crippen molar-refractivity contribution in [1.82, 2.24) is 0 Å². The van der Waals surface area contributed by atoms with Gasteiger partial charge in [-0.3, -0.25) is 0 Å². The standard InChI is InChI=1S/C58H38/c1-3-16-42(17-4-1)55-47-22-7-9-24-49(47)57(50-25-10-8-23-48(50)55)44-36-34-40(35-37-44)39-30-32-41(33-31-39)45-20-15-21-46(38-45)58-53-28-13-11-26-51(53)56(43-18-5-2-6-19-43)52-27-12-14-29-54(52)58/h1-38H. The van der Waals surface area contributed by atoms with Crippen molar-refractivity contribution in [3.63, 3.8) is 0 Å². The van der Waals surface area contributed by atoms with Crippen molar-refractivity contribution in [1.29, 1.82) is 0 Å². The highest BCUT2D eigenvalue weighted by Crippen LogP contribution is 2.46. The van der Waals surface area contributed by atoms with Crippen LogP contribution in [0.1, 0.15) is 0 Å². The molecule has 270 valence electrons. The quantitative estimate of drug-likeness (QED) is 0.149. The second kappa shape index (κ2) is 14.2. The molecule has 0 unspecified atom stereocenters. The maximum absolute atomic E-state index is 2.36. The highest BCUT2D eigenvalue weighted by atomic mass is 14.2. The third kappa shape index (κ3) is 5.69. The Hall–Kier alpha value is -7.54. The highest BCUT2D eigenvalue weighted by molar-refractivity contribution is 6.22. The van der Waals surface area contributed by atoms with Crippen LogP contribution in [0, 0.1) is 0 Å². The largest absolute Gasteiger partial charge is 0.0622 e. The van der Waals surface area contributed by atoms with Crippen LogP contribution in [0.5, 0.6) is 0 Å². The fourth-order valence-corrected chi connectivity index (χ4v) is 9.25. The van der Waals surface area contributed by atoms with Crippen molar-refractivity contribution in [2.75, 3.05) is 0 Å². The monoisotopic (exact) mass is 734 g/mol. The van der Waals surface area contributed by atoms with Crippen LogP contribution >= 0.6 is 0 Å². The Kier molecular flexibility index (Phi) is 8.26.